The van der Waals surface area contributed by atoms with Crippen LogP contribution in [0.5, 0.6) is 0 Å². The Bertz CT molecular complexity index is 296. The topological polar surface area (TPSA) is 67.5 Å². The number of anilines is 2. The van der Waals surface area contributed by atoms with E-state index in [9.17, 15) is 0 Å². The first-order valence-electron chi connectivity index (χ1n) is 5.52. The molecular formula is C12H20N2O2. The molecule has 0 amide bonds. The van der Waals surface area contributed by atoms with Crippen LogP contribution in [0.25, 0.3) is 0 Å². The second kappa shape index (κ2) is 7.09. The Hall–Kier alpha value is -1.26. The summed E-state index contributed by atoms with van der Waals surface area (Å²) in [7, 11) is 0. The monoisotopic (exact) mass is 224 g/mol. The van der Waals surface area contributed by atoms with Gasteiger partial charge in [-0.1, -0.05) is 0 Å². The number of hydrogen-bond donors (Lipinski definition) is 3. The zero-order valence-electron chi connectivity index (χ0n) is 9.70. The molecule has 0 saturated carbocycles. The maximum Gasteiger partial charge on any atom is 0.0697 e. The molecule has 0 spiro atoms. The number of nitrogen functional groups attached to an aromatic ring is 1. The van der Waals surface area contributed by atoms with E-state index in [1.807, 2.05) is 19.1 Å². The van der Waals surface area contributed by atoms with Gasteiger partial charge in [-0.25, -0.2) is 0 Å². The molecule has 0 unspecified atom stereocenters. The van der Waals surface area contributed by atoms with Crippen LogP contribution in [0.3, 0.4) is 0 Å². The van der Waals surface area contributed by atoms with Crippen LogP contribution in [0.2, 0.25) is 0 Å². The molecule has 16 heavy (non-hydrogen) atoms. The zero-order chi connectivity index (χ0) is 11.8. The highest BCUT2D eigenvalue weighted by atomic mass is 16.5. The van der Waals surface area contributed by atoms with E-state index >= 15 is 0 Å². The molecule has 0 fully saturated rings. The number of benzene rings is 1. The lowest BCUT2D eigenvalue weighted by molar-refractivity contribution is 0.0922. The number of hydrogen-bond acceptors (Lipinski definition) is 4. The molecule has 4 heteroatoms. The average Bonchev–Trinajstić information content (AvgIpc) is 2.22. The molecule has 1 aromatic rings. The van der Waals surface area contributed by atoms with Crippen LogP contribution >= 0.6 is 0 Å². The van der Waals surface area contributed by atoms with Gasteiger partial charge >= 0.3 is 0 Å². The Morgan fingerprint density at radius 2 is 2.12 bits per heavy atom. The molecule has 0 aliphatic heterocycles. The minimum atomic E-state index is 0.0852. The van der Waals surface area contributed by atoms with Crippen molar-refractivity contribution >= 4 is 11.4 Å². The Kier molecular flexibility index (Phi) is 5.67. The molecule has 0 aromatic heterocycles. The fraction of sp³-hybridized carbons (Fsp3) is 0.500. The van der Waals surface area contributed by atoms with E-state index in [0.717, 1.165) is 29.9 Å². The summed E-state index contributed by atoms with van der Waals surface area (Å²) in [5, 5.41) is 11.8. The molecule has 0 bridgehead atoms. The van der Waals surface area contributed by atoms with E-state index in [1.54, 1.807) is 0 Å². The first kappa shape index (κ1) is 12.8. The molecule has 0 aliphatic rings. The quantitative estimate of drug-likeness (QED) is 0.483. The van der Waals surface area contributed by atoms with Crippen molar-refractivity contribution in [2.45, 2.75) is 13.3 Å². The zero-order valence-corrected chi connectivity index (χ0v) is 9.70. The van der Waals surface area contributed by atoms with Crippen LogP contribution in [-0.4, -0.2) is 31.5 Å². The largest absolute Gasteiger partial charge is 0.399 e. The van der Waals surface area contributed by atoms with E-state index in [4.69, 9.17) is 15.6 Å². The number of nitrogens with two attached hydrogens (primary N) is 1. The summed E-state index contributed by atoms with van der Waals surface area (Å²) in [6, 6.07) is 5.92. The molecule has 4 N–H and O–H groups in total. The van der Waals surface area contributed by atoms with Gasteiger partial charge in [0, 0.05) is 24.5 Å². The van der Waals surface area contributed by atoms with Crippen molar-refractivity contribution in [2.24, 2.45) is 0 Å². The highest BCUT2D eigenvalue weighted by Crippen LogP contribution is 2.15. The predicted molar refractivity (Wildman–Crippen MR) is 66.6 cm³/mol. The molecule has 1 rings (SSSR count). The summed E-state index contributed by atoms with van der Waals surface area (Å²) in [6.07, 6.45) is 0.911. The lowest BCUT2D eigenvalue weighted by atomic mass is 10.2. The van der Waals surface area contributed by atoms with Crippen LogP contribution in [-0.2, 0) is 4.74 Å². The summed E-state index contributed by atoms with van der Waals surface area (Å²) in [6.45, 7) is 4.02. The molecule has 90 valence electrons. The minimum Gasteiger partial charge on any atom is -0.399 e. The number of aliphatic hydroxyl groups is 1. The number of aryl methyl sites for hydroxylation is 1. The summed E-state index contributed by atoms with van der Waals surface area (Å²) in [5.41, 5.74) is 8.71. The number of nitrogens with one attached hydrogen (secondary N) is 1. The first-order chi connectivity index (χ1) is 7.72. The van der Waals surface area contributed by atoms with E-state index in [0.29, 0.717) is 13.2 Å². The summed E-state index contributed by atoms with van der Waals surface area (Å²) < 4.78 is 5.15. The molecule has 0 saturated heterocycles. The van der Waals surface area contributed by atoms with Crippen LogP contribution in [0.15, 0.2) is 18.2 Å². The maximum absolute atomic E-state index is 8.51. The third kappa shape index (κ3) is 5.00. The van der Waals surface area contributed by atoms with Gasteiger partial charge in [0.25, 0.3) is 0 Å². The van der Waals surface area contributed by atoms with Crippen molar-refractivity contribution in [3.05, 3.63) is 23.8 Å². The van der Waals surface area contributed by atoms with E-state index in [-0.39, 0.29) is 6.61 Å². The Morgan fingerprint density at radius 3 is 2.81 bits per heavy atom. The normalized spacial score (nSPS) is 10.4. The lowest BCUT2D eigenvalue weighted by Gasteiger charge is -2.08. The highest BCUT2D eigenvalue weighted by Gasteiger charge is 1.95. The van der Waals surface area contributed by atoms with Gasteiger partial charge in [0.1, 0.15) is 0 Å². The van der Waals surface area contributed by atoms with Gasteiger partial charge < -0.3 is 20.9 Å². The van der Waals surface area contributed by atoms with Gasteiger partial charge in [0.05, 0.1) is 13.2 Å². The number of ether oxygens (including phenoxy) is 1. The van der Waals surface area contributed by atoms with Crippen molar-refractivity contribution in [1.82, 2.24) is 0 Å². The van der Waals surface area contributed by atoms with Gasteiger partial charge in [-0.15, -0.1) is 0 Å². The minimum absolute atomic E-state index is 0.0852. The van der Waals surface area contributed by atoms with Crippen molar-refractivity contribution < 1.29 is 9.84 Å². The predicted octanol–water partition coefficient (Wildman–Crippen LogP) is 1.39. The second-order valence-electron chi connectivity index (χ2n) is 3.75. The standard InChI is InChI=1S/C12H20N2O2/c1-10-7-11(13)9-12(8-10)14-3-2-5-16-6-4-15/h7-9,14-15H,2-6,13H2,1H3. The van der Waals surface area contributed by atoms with Crippen molar-refractivity contribution in [3.8, 4) is 0 Å². The number of aliphatic hydroxyl groups excluding tert-OH is 1. The Labute approximate surface area is 96.4 Å². The fourth-order valence-corrected chi connectivity index (χ4v) is 1.49. The molecule has 4 nitrogen and oxygen atoms in total. The number of rotatable bonds is 7. The molecule has 1 aromatic carbocycles. The van der Waals surface area contributed by atoms with E-state index in [1.165, 1.54) is 0 Å². The third-order valence-electron chi connectivity index (χ3n) is 2.13. The Balaban J connectivity index is 2.21. The van der Waals surface area contributed by atoms with Gasteiger partial charge in [-0.3, -0.25) is 0 Å². The van der Waals surface area contributed by atoms with E-state index in [2.05, 4.69) is 11.4 Å². The Morgan fingerprint density at radius 1 is 1.31 bits per heavy atom. The van der Waals surface area contributed by atoms with E-state index < -0.39 is 0 Å². The highest BCUT2D eigenvalue weighted by molar-refractivity contribution is 5.56. The van der Waals surface area contributed by atoms with Crippen LogP contribution in [0, 0.1) is 6.92 Å². The lowest BCUT2D eigenvalue weighted by Crippen LogP contribution is -2.07. The van der Waals surface area contributed by atoms with Gasteiger partial charge in [0.2, 0.25) is 0 Å². The smallest absolute Gasteiger partial charge is 0.0697 e. The second-order valence-corrected chi connectivity index (χ2v) is 3.75. The fourth-order valence-electron chi connectivity index (χ4n) is 1.49. The van der Waals surface area contributed by atoms with Gasteiger partial charge in [0.15, 0.2) is 0 Å². The van der Waals surface area contributed by atoms with Gasteiger partial charge in [-0.05, 0) is 37.1 Å². The molecular weight excluding hydrogens is 204 g/mol. The summed E-state index contributed by atoms with van der Waals surface area (Å²) in [4.78, 5) is 0. The van der Waals surface area contributed by atoms with Crippen molar-refractivity contribution in [1.29, 1.82) is 0 Å². The van der Waals surface area contributed by atoms with Gasteiger partial charge in [-0.2, -0.15) is 0 Å². The van der Waals surface area contributed by atoms with Crippen molar-refractivity contribution in [2.75, 3.05) is 37.4 Å². The summed E-state index contributed by atoms with van der Waals surface area (Å²) in [5.74, 6) is 0. The first-order valence-corrected chi connectivity index (χ1v) is 5.52. The van der Waals surface area contributed by atoms with Crippen molar-refractivity contribution in [3.63, 3.8) is 0 Å². The van der Waals surface area contributed by atoms with Crippen LogP contribution in [0.1, 0.15) is 12.0 Å². The van der Waals surface area contributed by atoms with Crippen LogP contribution in [0.4, 0.5) is 11.4 Å². The third-order valence-corrected chi connectivity index (χ3v) is 2.13. The molecule has 0 radical (unpaired) electrons. The van der Waals surface area contributed by atoms with Crippen LogP contribution < -0.4 is 11.1 Å². The molecule has 0 atom stereocenters. The summed E-state index contributed by atoms with van der Waals surface area (Å²) >= 11 is 0. The molecule has 0 heterocycles. The average molecular weight is 224 g/mol. The SMILES string of the molecule is Cc1cc(N)cc(NCCCOCCO)c1. The molecule has 0 aliphatic carbocycles. The maximum atomic E-state index is 8.51.